The highest BCUT2D eigenvalue weighted by molar-refractivity contribution is 14.0. The summed E-state index contributed by atoms with van der Waals surface area (Å²) < 4.78 is 5.37. The SMILES string of the molecule is CN=C(NCC1CCN(c2cccc(OC)c2)C1)N(C)Cc1ncc(-c2ccccc2)[nH]1.I. The van der Waals surface area contributed by atoms with E-state index in [0.717, 1.165) is 54.8 Å². The molecule has 0 aliphatic carbocycles. The fraction of sp³-hybridized carbons (Fsp3) is 0.360. The summed E-state index contributed by atoms with van der Waals surface area (Å²) in [7, 11) is 5.58. The zero-order valence-electron chi connectivity index (χ0n) is 19.5. The van der Waals surface area contributed by atoms with E-state index in [-0.39, 0.29) is 24.0 Å². The summed E-state index contributed by atoms with van der Waals surface area (Å²) in [5.74, 6) is 3.26. The van der Waals surface area contributed by atoms with E-state index in [9.17, 15) is 0 Å². The molecule has 3 aromatic rings. The maximum atomic E-state index is 5.37. The zero-order valence-corrected chi connectivity index (χ0v) is 21.8. The number of aliphatic imine (C=N–C) groups is 1. The fourth-order valence-electron chi connectivity index (χ4n) is 4.17. The first kappa shape index (κ1) is 24.9. The maximum Gasteiger partial charge on any atom is 0.193 e. The number of methoxy groups -OCH3 is 1. The number of rotatable bonds is 7. The van der Waals surface area contributed by atoms with E-state index in [2.05, 4.69) is 54.3 Å². The van der Waals surface area contributed by atoms with E-state index in [1.807, 2.05) is 50.6 Å². The van der Waals surface area contributed by atoms with Gasteiger partial charge < -0.3 is 24.8 Å². The van der Waals surface area contributed by atoms with Gasteiger partial charge in [-0.15, -0.1) is 24.0 Å². The highest BCUT2D eigenvalue weighted by Crippen LogP contribution is 2.26. The average molecular weight is 560 g/mol. The van der Waals surface area contributed by atoms with Crippen molar-refractivity contribution in [1.29, 1.82) is 0 Å². The Morgan fingerprint density at radius 3 is 2.82 bits per heavy atom. The normalized spacial score (nSPS) is 15.8. The number of anilines is 1. The van der Waals surface area contributed by atoms with Crippen LogP contribution < -0.4 is 15.0 Å². The van der Waals surface area contributed by atoms with E-state index in [1.165, 1.54) is 5.69 Å². The Kier molecular flexibility index (Phi) is 8.99. The van der Waals surface area contributed by atoms with E-state index < -0.39 is 0 Å². The van der Waals surface area contributed by atoms with Crippen LogP contribution in [-0.4, -0.2) is 61.7 Å². The summed E-state index contributed by atoms with van der Waals surface area (Å²) in [5.41, 5.74) is 3.39. The minimum Gasteiger partial charge on any atom is -0.497 e. The van der Waals surface area contributed by atoms with Gasteiger partial charge in [-0.1, -0.05) is 36.4 Å². The number of nitrogens with zero attached hydrogens (tertiary/aromatic N) is 4. The van der Waals surface area contributed by atoms with E-state index >= 15 is 0 Å². The van der Waals surface area contributed by atoms with Crippen molar-refractivity contribution in [3.8, 4) is 17.0 Å². The molecular weight excluding hydrogens is 527 g/mol. The second kappa shape index (κ2) is 11.9. The molecule has 1 aromatic heterocycles. The largest absolute Gasteiger partial charge is 0.497 e. The minimum absolute atomic E-state index is 0. The number of ether oxygens (including phenoxy) is 1. The molecule has 0 amide bonds. The van der Waals surface area contributed by atoms with Crippen LogP contribution in [0.4, 0.5) is 5.69 Å². The second-order valence-electron chi connectivity index (χ2n) is 8.20. The molecular formula is C25H33IN6O. The lowest BCUT2D eigenvalue weighted by molar-refractivity contribution is 0.415. The van der Waals surface area contributed by atoms with Crippen molar-refractivity contribution in [3.63, 3.8) is 0 Å². The van der Waals surface area contributed by atoms with E-state index in [4.69, 9.17) is 4.74 Å². The lowest BCUT2D eigenvalue weighted by Gasteiger charge is -2.23. The molecule has 1 fully saturated rings. The van der Waals surface area contributed by atoms with Gasteiger partial charge in [0.05, 0.1) is 25.5 Å². The van der Waals surface area contributed by atoms with Crippen molar-refractivity contribution in [2.75, 3.05) is 45.7 Å². The third kappa shape index (κ3) is 6.40. The first-order chi connectivity index (χ1) is 15.7. The number of hydrogen-bond acceptors (Lipinski definition) is 4. The minimum atomic E-state index is 0. The lowest BCUT2D eigenvalue weighted by atomic mass is 10.1. The van der Waals surface area contributed by atoms with Crippen LogP contribution in [-0.2, 0) is 6.54 Å². The molecule has 1 saturated heterocycles. The van der Waals surface area contributed by atoms with Crippen molar-refractivity contribution in [2.45, 2.75) is 13.0 Å². The molecule has 8 heteroatoms. The van der Waals surface area contributed by atoms with Crippen molar-refractivity contribution >= 4 is 35.6 Å². The molecule has 4 rings (SSSR count). The van der Waals surface area contributed by atoms with Crippen LogP contribution in [0.15, 0.2) is 65.8 Å². The Balaban J connectivity index is 0.00000306. The van der Waals surface area contributed by atoms with Crippen LogP contribution in [0.5, 0.6) is 5.75 Å². The smallest absolute Gasteiger partial charge is 0.193 e. The number of aromatic amines is 1. The van der Waals surface area contributed by atoms with E-state index in [0.29, 0.717) is 12.5 Å². The Labute approximate surface area is 213 Å². The molecule has 1 aliphatic rings. The topological polar surface area (TPSA) is 68.8 Å². The molecule has 0 spiro atoms. The molecule has 1 aliphatic heterocycles. The van der Waals surface area contributed by atoms with Gasteiger partial charge >= 0.3 is 0 Å². The van der Waals surface area contributed by atoms with Crippen LogP contribution in [0.3, 0.4) is 0 Å². The number of H-pyrrole nitrogens is 1. The molecule has 0 bridgehead atoms. The van der Waals surface area contributed by atoms with Gasteiger partial charge in [-0.2, -0.15) is 0 Å². The Morgan fingerprint density at radius 2 is 2.06 bits per heavy atom. The number of hydrogen-bond donors (Lipinski definition) is 2. The van der Waals surface area contributed by atoms with Gasteiger partial charge in [-0.3, -0.25) is 4.99 Å². The number of nitrogens with one attached hydrogen (secondary N) is 2. The van der Waals surface area contributed by atoms with Gasteiger partial charge in [-0.05, 0) is 30.0 Å². The molecule has 0 saturated carbocycles. The standard InChI is InChI=1S/C25H32N6O.HI/c1-26-25(30(2)18-24-27-16-23(29-24)20-8-5-4-6-9-20)28-15-19-12-13-31(17-19)21-10-7-11-22(14-21)32-3;/h4-11,14,16,19H,12-13,15,17-18H2,1-3H3,(H,26,28)(H,27,29);1H. The van der Waals surface area contributed by atoms with E-state index in [1.54, 1.807) is 7.11 Å². The van der Waals surface area contributed by atoms with Gasteiger partial charge in [0.25, 0.3) is 0 Å². The summed E-state index contributed by atoms with van der Waals surface area (Å²) in [6.45, 7) is 3.64. The highest BCUT2D eigenvalue weighted by atomic mass is 127. The first-order valence-electron chi connectivity index (χ1n) is 11.1. The number of benzene rings is 2. The number of aromatic nitrogens is 2. The highest BCUT2D eigenvalue weighted by Gasteiger charge is 2.23. The molecule has 176 valence electrons. The number of halogens is 1. The number of imidazole rings is 1. The molecule has 1 atom stereocenters. The third-order valence-corrected chi connectivity index (χ3v) is 5.93. The molecule has 2 aromatic carbocycles. The quantitative estimate of drug-likeness (QED) is 0.257. The summed E-state index contributed by atoms with van der Waals surface area (Å²) in [6.07, 6.45) is 3.05. The Morgan fingerprint density at radius 1 is 1.24 bits per heavy atom. The van der Waals surface area contributed by atoms with Crippen molar-refractivity contribution < 1.29 is 4.74 Å². The summed E-state index contributed by atoms with van der Waals surface area (Å²) >= 11 is 0. The van der Waals surface area contributed by atoms with Crippen LogP contribution in [0.25, 0.3) is 11.3 Å². The van der Waals surface area contributed by atoms with Gasteiger partial charge in [0, 0.05) is 45.5 Å². The van der Waals surface area contributed by atoms with Crippen LogP contribution >= 0.6 is 24.0 Å². The predicted molar refractivity (Wildman–Crippen MR) is 146 cm³/mol. The summed E-state index contributed by atoms with van der Waals surface area (Å²) in [4.78, 5) is 17.0. The van der Waals surface area contributed by atoms with Gasteiger partial charge in [-0.25, -0.2) is 4.98 Å². The molecule has 0 radical (unpaired) electrons. The lowest BCUT2D eigenvalue weighted by Crippen LogP contribution is -2.41. The van der Waals surface area contributed by atoms with Crippen molar-refractivity contribution in [3.05, 3.63) is 66.6 Å². The zero-order chi connectivity index (χ0) is 22.3. The van der Waals surface area contributed by atoms with Gasteiger partial charge in [0.1, 0.15) is 11.6 Å². The molecule has 2 N–H and O–H groups in total. The van der Waals surface area contributed by atoms with Crippen molar-refractivity contribution in [1.82, 2.24) is 20.2 Å². The van der Waals surface area contributed by atoms with Gasteiger partial charge in [0.15, 0.2) is 5.96 Å². The Bertz CT molecular complexity index is 1040. The molecule has 7 nitrogen and oxygen atoms in total. The monoisotopic (exact) mass is 560 g/mol. The third-order valence-electron chi connectivity index (χ3n) is 5.93. The fourth-order valence-corrected chi connectivity index (χ4v) is 4.17. The van der Waals surface area contributed by atoms with Crippen LogP contribution in [0.2, 0.25) is 0 Å². The molecule has 33 heavy (non-hydrogen) atoms. The number of guanidine groups is 1. The average Bonchev–Trinajstić information content (AvgIpc) is 3.50. The summed E-state index contributed by atoms with van der Waals surface area (Å²) in [6, 6.07) is 18.5. The van der Waals surface area contributed by atoms with Crippen LogP contribution in [0, 0.1) is 5.92 Å². The molecule has 1 unspecified atom stereocenters. The first-order valence-corrected chi connectivity index (χ1v) is 11.1. The summed E-state index contributed by atoms with van der Waals surface area (Å²) in [5, 5.41) is 3.55. The molecule has 2 heterocycles. The Hall–Kier alpha value is -2.75. The van der Waals surface area contributed by atoms with Gasteiger partial charge in [0.2, 0.25) is 0 Å². The van der Waals surface area contributed by atoms with Crippen LogP contribution in [0.1, 0.15) is 12.2 Å². The maximum absolute atomic E-state index is 5.37. The van der Waals surface area contributed by atoms with Crippen molar-refractivity contribution in [2.24, 2.45) is 10.9 Å². The second-order valence-corrected chi connectivity index (χ2v) is 8.20. The predicted octanol–water partition coefficient (Wildman–Crippen LogP) is 4.24.